The Morgan fingerprint density at radius 3 is 2.43 bits per heavy atom. The van der Waals surface area contributed by atoms with Gasteiger partial charge >= 0.3 is 44.9 Å². The standard InChI is InChI=1S/C5H8B2/c1-4-5(2)7-3-6-4/h3,6H,1-2H3. The van der Waals surface area contributed by atoms with E-state index >= 15 is 0 Å². The zero-order valence-corrected chi connectivity index (χ0v) is 4.86. The van der Waals surface area contributed by atoms with E-state index < -0.39 is 0 Å². The van der Waals surface area contributed by atoms with Crippen molar-refractivity contribution in [3.8, 4) is 0 Å². The minimum absolute atomic E-state index is 1.17. The number of allylic oxidation sites excluding steroid dienone is 2. The van der Waals surface area contributed by atoms with Crippen molar-refractivity contribution >= 4 is 20.1 Å². The Hall–Kier alpha value is -0.260. The molecule has 0 saturated carbocycles. The van der Waals surface area contributed by atoms with E-state index in [9.17, 15) is 0 Å². The van der Waals surface area contributed by atoms with Crippen LogP contribution < -0.4 is 0 Å². The first-order valence-corrected chi connectivity index (χ1v) is 2.63. The second-order valence-electron chi connectivity index (χ2n) is 2.07. The van der Waals surface area contributed by atoms with Crippen molar-refractivity contribution < 1.29 is 0 Å². The van der Waals surface area contributed by atoms with Gasteiger partial charge in [0.25, 0.3) is 0 Å². The first-order chi connectivity index (χ1) is 3.30. The SMILES string of the molecule is CC1=C(C)BC=B1. The van der Waals surface area contributed by atoms with Crippen LogP contribution in [-0.4, -0.2) is 20.1 Å². The molecule has 0 fully saturated rings. The summed E-state index contributed by atoms with van der Waals surface area (Å²) < 4.78 is 0. The first-order valence-electron chi connectivity index (χ1n) is 2.63. The average molecular weight is 89.7 g/mol. The summed E-state index contributed by atoms with van der Waals surface area (Å²) in [6.07, 6.45) is 0. The van der Waals surface area contributed by atoms with Crippen LogP contribution >= 0.6 is 0 Å². The Kier molecular flexibility index (Phi) is 1.18. The summed E-state index contributed by atoms with van der Waals surface area (Å²) >= 11 is 0. The van der Waals surface area contributed by atoms with Crippen molar-refractivity contribution in [2.24, 2.45) is 0 Å². The fraction of sp³-hybridized carbons (Fsp3) is 0.400. The number of rotatable bonds is 0. The monoisotopic (exact) mass is 90.1 g/mol. The zero-order valence-electron chi connectivity index (χ0n) is 4.86. The van der Waals surface area contributed by atoms with Crippen molar-refractivity contribution in [2.45, 2.75) is 13.8 Å². The Balaban J connectivity index is 2.79. The summed E-state index contributed by atoms with van der Waals surface area (Å²) in [5.74, 6) is 2.20. The summed E-state index contributed by atoms with van der Waals surface area (Å²) in [6.45, 7) is 6.50. The minimum atomic E-state index is 1.17. The summed E-state index contributed by atoms with van der Waals surface area (Å²) in [4.78, 5) is 0. The molecule has 0 aromatic carbocycles. The molecule has 0 aromatic heterocycles. The normalized spacial score (nSPS) is 16.9. The quantitative estimate of drug-likeness (QED) is 0.371. The van der Waals surface area contributed by atoms with Gasteiger partial charge in [-0.2, -0.15) is 0 Å². The maximum absolute atomic E-state index is 2.20. The summed E-state index contributed by atoms with van der Waals surface area (Å²) in [7, 11) is 1.17. The fourth-order valence-electron chi connectivity index (χ4n) is 0.716. The van der Waals surface area contributed by atoms with Gasteiger partial charge in [-0.1, -0.05) is 0 Å². The molecular formula is C5H8B2. The summed E-state index contributed by atoms with van der Waals surface area (Å²) in [6, 6.07) is 0. The van der Waals surface area contributed by atoms with Gasteiger partial charge in [0.1, 0.15) is 0 Å². The van der Waals surface area contributed by atoms with Crippen LogP contribution in [0.3, 0.4) is 0 Å². The maximum atomic E-state index is 2.20. The average Bonchev–Trinajstić information content (AvgIpc) is 1.91. The third kappa shape index (κ3) is 0.846. The molecule has 1 heterocycles. The molecule has 1 aliphatic rings. The van der Waals surface area contributed by atoms with Crippen LogP contribution in [0, 0.1) is 0 Å². The molecule has 0 aliphatic carbocycles. The molecule has 2 heteroatoms. The zero-order chi connectivity index (χ0) is 5.28. The third-order valence-corrected chi connectivity index (χ3v) is 1.47. The molecule has 34 valence electrons. The molecular weight excluding hydrogens is 81.7 g/mol. The Morgan fingerprint density at radius 2 is 2.29 bits per heavy atom. The van der Waals surface area contributed by atoms with Gasteiger partial charge in [-0.3, -0.25) is 0 Å². The van der Waals surface area contributed by atoms with Crippen molar-refractivity contribution in [1.82, 2.24) is 0 Å². The third-order valence-electron chi connectivity index (χ3n) is 1.47. The van der Waals surface area contributed by atoms with Gasteiger partial charge in [-0.05, 0) is 0 Å². The van der Waals surface area contributed by atoms with Crippen LogP contribution in [-0.2, 0) is 0 Å². The van der Waals surface area contributed by atoms with Crippen molar-refractivity contribution in [3.05, 3.63) is 10.9 Å². The van der Waals surface area contributed by atoms with Gasteiger partial charge in [0, 0.05) is 0 Å². The van der Waals surface area contributed by atoms with E-state index in [1.165, 1.54) is 18.2 Å². The van der Waals surface area contributed by atoms with Crippen LogP contribution in [0.1, 0.15) is 13.8 Å². The van der Waals surface area contributed by atoms with Gasteiger partial charge < -0.3 is 0 Å². The van der Waals surface area contributed by atoms with Crippen molar-refractivity contribution in [3.63, 3.8) is 0 Å². The van der Waals surface area contributed by atoms with E-state index in [0.29, 0.717) is 0 Å². The van der Waals surface area contributed by atoms with E-state index in [1.807, 2.05) is 0 Å². The molecule has 0 atom stereocenters. The van der Waals surface area contributed by atoms with Gasteiger partial charge in [-0.25, -0.2) is 0 Å². The van der Waals surface area contributed by atoms with Crippen molar-refractivity contribution in [1.29, 1.82) is 0 Å². The predicted molar refractivity (Wildman–Crippen MR) is 37.3 cm³/mol. The molecule has 0 nitrogen and oxygen atoms in total. The van der Waals surface area contributed by atoms with Crippen LogP contribution in [0.25, 0.3) is 0 Å². The molecule has 0 unspecified atom stereocenters. The van der Waals surface area contributed by atoms with E-state index in [2.05, 4.69) is 26.6 Å². The van der Waals surface area contributed by atoms with Gasteiger partial charge in [0.05, 0.1) is 0 Å². The fourth-order valence-corrected chi connectivity index (χ4v) is 0.716. The molecule has 0 saturated heterocycles. The molecule has 0 bridgehead atoms. The van der Waals surface area contributed by atoms with Gasteiger partial charge in [-0.15, -0.1) is 0 Å². The summed E-state index contributed by atoms with van der Waals surface area (Å²) in [5.41, 5.74) is 2.96. The topological polar surface area (TPSA) is 0 Å². The van der Waals surface area contributed by atoms with Crippen LogP contribution in [0.15, 0.2) is 10.9 Å². The molecule has 0 N–H and O–H groups in total. The van der Waals surface area contributed by atoms with Gasteiger partial charge in [0.15, 0.2) is 0 Å². The van der Waals surface area contributed by atoms with E-state index in [-0.39, 0.29) is 0 Å². The molecule has 0 amide bonds. The summed E-state index contributed by atoms with van der Waals surface area (Å²) in [5, 5.41) is 0. The van der Waals surface area contributed by atoms with Crippen LogP contribution in [0.4, 0.5) is 0 Å². The Bertz CT molecular complexity index is 133. The predicted octanol–water partition coefficient (Wildman–Crippen LogP) is 0.152. The molecule has 7 heavy (non-hydrogen) atoms. The van der Waals surface area contributed by atoms with E-state index in [0.717, 1.165) is 0 Å². The van der Waals surface area contributed by atoms with Crippen molar-refractivity contribution in [2.75, 3.05) is 0 Å². The van der Waals surface area contributed by atoms with Crippen LogP contribution in [0.2, 0.25) is 0 Å². The second-order valence-corrected chi connectivity index (χ2v) is 2.07. The number of hydrogen-bond donors (Lipinski definition) is 0. The van der Waals surface area contributed by atoms with Crippen LogP contribution in [0.5, 0.6) is 0 Å². The number of hydrogen-bond acceptors (Lipinski definition) is 0. The Labute approximate surface area is 45.8 Å². The molecule has 0 spiro atoms. The molecule has 0 radical (unpaired) electrons. The van der Waals surface area contributed by atoms with Gasteiger partial charge in [0.2, 0.25) is 0 Å². The molecule has 1 aliphatic heterocycles. The molecule has 0 aromatic rings. The van der Waals surface area contributed by atoms with E-state index in [4.69, 9.17) is 0 Å². The second kappa shape index (κ2) is 1.69. The van der Waals surface area contributed by atoms with E-state index in [1.54, 1.807) is 0 Å². The molecule has 1 rings (SSSR count). The Morgan fingerprint density at radius 1 is 1.57 bits per heavy atom. The first kappa shape index (κ1) is 4.89.